The Morgan fingerprint density at radius 1 is 1.15 bits per heavy atom. The van der Waals surface area contributed by atoms with Crippen molar-refractivity contribution in [3.63, 3.8) is 0 Å². The molecule has 0 saturated heterocycles. The number of aldehydes is 1. The van der Waals surface area contributed by atoms with E-state index in [-0.39, 0.29) is 6.61 Å². The van der Waals surface area contributed by atoms with Crippen molar-refractivity contribution < 1.29 is 19.1 Å². The van der Waals surface area contributed by atoms with E-state index >= 15 is 0 Å². The number of carbonyl (C=O) groups excluding carboxylic acids is 2. The highest BCUT2D eigenvalue weighted by Gasteiger charge is 2.11. The first kappa shape index (κ1) is 13.8. The molecule has 2 aromatic rings. The minimum atomic E-state index is -0.473. The van der Waals surface area contributed by atoms with E-state index in [1.54, 1.807) is 12.1 Å². The second-order valence-electron chi connectivity index (χ2n) is 4.14. The summed E-state index contributed by atoms with van der Waals surface area (Å²) in [6.07, 6.45) is 0.646. The highest BCUT2D eigenvalue weighted by atomic mass is 16.5. The fourth-order valence-electron chi connectivity index (χ4n) is 1.76. The Bertz CT molecular complexity index is 605. The Morgan fingerprint density at radius 2 is 1.90 bits per heavy atom. The highest BCUT2D eigenvalue weighted by Crippen LogP contribution is 2.18. The average molecular weight is 270 g/mol. The van der Waals surface area contributed by atoms with Crippen molar-refractivity contribution in [2.75, 3.05) is 7.11 Å². The Morgan fingerprint density at radius 3 is 2.55 bits per heavy atom. The van der Waals surface area contributed by atoms with Gasteiger partial charge in [-0.15, -0.1) is 0 Å². The molecule has 0 aliphatic carbocycles. The van der Waals surface area contributed by atoms with Crippen LogP contribution in [0.1, 0.15) is 26.3 Å². The third kappa shape index (κ3) is 3.23. The summed E-state index contributed by atoms with van der Waals surface area (Å²) in [7, 11) is 1.47. The second-order valence-corrected chi connectivity index (χ2v) is 4.14. The lowest BCUT2D eigenvalue weighted by Gasteiger charge is -2.07. The standard InChI is InChI=1S/C16H14O4/c1-19-15-8-7-13(9-14(15)10-17)16(18)20-11-12-5-3-2-4-6-12/h2-10H,11H2,1H3. The smallest absolute Gasteiger partial charge is 0.338 e. The molecule has 0 atom stereocenters. The summed E-state index contributed by atoms with van der Waals surface area (Å²) in [5.74, 6) is -0.0424. The van der Waals surface area contributed by atoms with Gasteiger partial charge in [0.25, 0.3) is 0 Å². The molecule has 0 radical (unpaired) electrons. The summed E-state index contributed by atoms with van der Waals surface area (Å²) in [6, 6.07) is 14.0. The lowest BCUT2D eigenvalue weighted by molar-refractivity contribution is 0.0472. The van der Waals surface area contributed by atoms with Crippen LogP contribution in [0.2, 0.25) is 0 Å². The van der Waals surface area contributed by atoms with Gasteiger partial charge in [0, 0.05) is 0 Å². The largest absolute Gasteiger partial charge is 0.496 e. The van der Waals surface area contributed by atoms with Gasteiger partial charge in [0.15, 0.2) is 6.29 Å². The third-order valence-corrected chi connectivity index (χ3v) is 2.81. The van der Waals surface area contributed by atoms with Crippen LogP contribution >= 0.6 is 0 Å². The predicted molar refractivity (Wildman–Crippen MR) is 73.9 cm³/mol. The van der Waals surface area contributed by atoms with E-state index in [0.717, 1.165) is 5.56 Å². The highest BCUT2D eigenvalue weighted by molar-refractivity contribution is 5.92. The summed E-state index contributed by atoms with van der Waals surface area (Å²) in [6.45, 7) is 0.197. The van der Waals surface area contributed by atoms with Crippen molar-refractivity contribution in [3.05, 3.63) is 65.2 Å². The van der Waals surface area contributed by atoms with Crippen LogP contribution in [0.4, 0.5) is 0 Å². The van der Waals surface area contributed by atoms with Crippen molar-refractivity contribution in [1.29, 1.82) is 0 Å². The molecule has 0 unspecified atom stereocenters. The molecule has 0 spiro atoms. The second kappa shape index (κ2) is 6.52. The molecule has 4 heteroatoms. The first-order valence-corrected chi connectivity index (χ1v) is 6.09. The molecule has 4 nitrogen and oxygen atoms in total. The van der Waals surface area contributed by atoms with Crippen molar-refractivity contribution >= 4 is 12.3 Å². The van der Waals surface area contributed by atoms with Crippen LogP contribution in [-0.4, -0.2) is 19.4 Å². The van der Waals surface area contributed by atoms with Crippen LogP contribution in [0.5, 0.6) is 5.75 Å². The van der Waals surface area contributed by atoms with E-state index in [4.69, 9.17) is 9.47 Å². The molecule has 0 saturated carbocycles. The number of ether oxygens (including phenoxy) is 2. The van der Waals surface area contributed by atoms with Gasteiger partial charge in [0.1, 0.15) is 12.4 Å². The fourth-order valence-corrected chi connectivity index (χ4v) is 1.76. The van der Waals surface area contributed by atoms with E-state index in [2.05, 4.69) is 0 Å². The summed E-state index contributed by atoms with van der Waals surface area (Å²) in [5, 5.41) is 0. The number of methoxy groups -OCH3 is 1. The Kier molecular flexibility index (Phi) is 4.50. The van der Waals surface area contributed by atoms with Gasteiger partial charge in [0.2, 0.25) is 0 Å². The monoisotopic (exact) mass is 270 g/mol. The van der Waals surface area contributed by atoms with Crippen LogP contribution in [0.25, 0.3) is 0 Å². The zero-order chi connectivity index (χ0) is 14.4. The van der Waals surface area contributed by atoms with Crippen LogP contribution < -0.4 is 4.74 Å². The van der Waals surface area contributed by atoms with Crippen LogP contribution in [-0.2, 0) is 11.3 Å². The maximum atomic E-state index is 11.9. The van der Waals surface area contributed by atoms with Gasteiger partial charge >= 0.3 is 5.97 Å². The van der Waals surface area contributed by atoms with E-state index in [1.165, 1.54) is 13.2 Å². The fraction of sp³-hybridized carbons (Fsp3) is 0.125. The number of rotatable bonds is 5. The van der Waals surface area contributed by atoms with Gasteiger partial charge in [-0.25, -0.2) is 4.79 Å². The summed E-state index contributed by atoms with van der Waals surface area (Å²) in [5.41, 5.74) is 1.55. The molecule has 0 bridgehead atoms. The normalized spacial score (nSPS) is 9.85. The molecule has 2 aromatic carbocycles. The molecule has 20 heavy (non-hydrogen) atoms. The average Bonchev–Trinajstić information content (AvgIpc) is 2.52. The molecule has 0 aliphatic rings. The lowest BCUT2D eigenvalue weighted by Crippen LogP contribution is -2.06. The minimum Gasteiger partial charge on any atom is -0.496 e. The van der Waals surface area contributed by atoms with Gasteiger partial charge in [0.05, 0.1) is 18.2 Å². The molecule has 2 rings (SSSR count). The molecule has 102 valence electrons. The number of esters is 1. The molecule has 0 aromatic heterocycles. The zero-order valence-electron chi connectivity index (χ0n) is 11.0. The van der Waals surface area contributed by atoms with E-state index in [9.17, 15) is 9.59 Å². The maximum Gasteiger partial charge on any atom is 0.338 e. The summed E-state index contributed by atoms with van der Waals surface area (Å²) < 4.78 is 10.2. The predicted octanol–water partition coefficient (Wildman–Crippen LogP) is 2.86. The molecule has 0 fully saturated rings. The van der Waals surface area contributed by atoms with Gasteiger partial charge < -0.3 is 9.47 Å². The number of hydrogen-bond acceptors (Lipinski definition) is 4. The van der Waals surface area contributed by atoms with E-state index in [0.29, 0.717) is 23.2 Å². The topological polar surface area (TPSA) is 52.6 Å². The van der Waals surface area contributed by atoms with Crippen molar-refractivity contribution in [3.8, 4) is 5.75 Å². The van der Waals surface area contributed by atoms with Crippen molar-refractivity contribution in [1.82, 2.24) is 0 Å². The molecule has 0 aliphatic heterocycles. The Labute approximate surface area is 116 Å². The SMILES string of the molecule is COc1ccc(C(=O)OCc2ccccc2)cc1C=O. The maximum absolute atomic E-state index is 11.9. The summed E-state index contributed by atoms with van der Waals surface area (Å²) >= 11 is 0. The zero-order valence-corrected chi connectivity index (χ0v) is 11.0. The first-order chi connectivity index (χ1) is 9.74. The molecule has 0 N–H and O–H groups in total. The van der Waals surface area contributed by atoms with Crippen LogP contribution in [0.15, 0.2) is 48.5 Å². The van der Waals surface area contributed by atoms with Crippen LogP contribution in [0.3, 0.4) is 0 Å². The van der Waals surface area contributed by atoms with Gasteiger partial charge in [-0.1, -0.05) is 30.3 Å². The van der Waals surface area contributed by atoms with Crippen molar-refractivity contribution in [2.24, 2.45) is 0 Å². The quantitative estimate of drug-likeness (QED) is 0.619. The first-order valence-electron chi connectivity index (χ1n) is 6.09. The van der Waals surface area contributed by atoms with E-state index < -0.39 is 5.97 Å². The van der Waals surface area contributed by atoms with Gasteiger partial charge in [-0.05, 0) is 23.8 Å². The molecule has 0 heterocycles. The lowest BCUT2D eigenvalue weighted by atomic mass is 10.1. The number of benzene rings is 2. The Balaban J connectivity index is 2.07. The van der Waals surface area contributed by atoms with Gasteiger partial charge in [-0.3, -0.25) is 4.79 Å². The number of hydrogen-bond donors (Lipinski definition) is 0. The van der Waals surface area contributed by atoms with Crippen LogP contribution in [0, 0.1) is 0 Å². The Hall–Kier alpha value is -2.62. The molecular formula is C16H14O4. The molecule has 0 amide bonds. The van der Waals surface area contributed by atoms with Crippen molar-refractivity contribution in [2.45, 2.75) is 6.61 Å². The van der Waals surface area contributed by atoms with Gasteiger partial charge in [-0.2, -0.15) is 0 Å². The minimum absolute atomic E-state index is 0.197. The molecular weight excluding hydrogens is 256 g/mol. The number of carbonyl (C=O) groups is 2. The summed E-state index contributed by atoms with van der Waals surface area (Å²) in [4.78, 5) is 22.8. The van der Waals surface area contributed by atoms with E-state index in [1.807, 2.05) is 30.3 Å². The third-order valence-electron chi connectivity index (χ3n) is 2.81.